The molecule has 3 rings (SSSR count). The summed E-state index contributed by atoms with van der Waals surface area (Å²) in [6.07, 6.45) is 11.0. The number of aliphatic carboxylic acids is 1. The third-order valence-corrected chi connectivity index (χ3v) is 12.5. The van der Waals surface area contributed by atoms with E-state index >= 15 is 0 Å². The molecule has 0 saturated carbocycles. The topological polar surface area (TPSA) is 152 Å². The van der Waals surface area contributed by atoms with E-state index < -0.39 is 66.4 Å². The van der Waals surface area contributed by atoms with Gasteiger partial charge in [-0.2, -0.15) is 0 Å². The molecule has 0 aromatic carbocycles. The second kappa shape index (κ2) is 20.8. The quantitative estimate of drug-likeness (QED) is 0.0497. The van der Waals surface area contributed by atoms with Crippen LogP contribution in [0.4, 0.5) is 0 Å². The Bertz CT molecular complexity index is 1350. The number of hydrogen-bond acceptors (Lipinski definition) is 10. The molecule has 0 aromatic heterocycles. The molecule has 342 valence electrons. The molecule has 3 unspecified atom stereocenters. The van der Waals surface area contributed by atoms with Gasteiger partial charge >= 0.3 is 23.9 Å². The lowest BCUT2D eigenvalue weighted by Crippen LogP contribution is -2.60. The molecule has 0 amide bonds. The highest BCUT2D eigenvalue weighted by Gasteiger charge is 2.50. The molecule has 3 saturated heterocycles. The Balaban J connectivity index is 2.00. The lowest BCUT2D eigenvalue weighted by atomic mass is 9.76. The molecule has 0 aromatic rings. The minimum absolute atomic E-state index is 0.269. The molecular weight excluding hydrogens is 747 g/mol. The Kier molecular flexibility index (Phi) is 18.0. The molecular formula is C48H87N3O8. The fourth-order valence-corrected chi connectivity index (χ4v) is 11.3. The van der Waals surface area contributed by atoms with E-state index in [0.29, 0.717) is 44.9 Å². The fraction of sp³-hybridized carbons (Fsp3) is 0.917. The molecule has 3 aliphatic rings. The smallest absolute Gasteiger partial charge is 0.310 e. The van der Waals surface area contributed by atoms with E-state index in [9.17, 15) is 24.3 Å². The normalized spacial score (nSPS) is 24.1. The minimum atomic E-state index is -1.45. The molecule has 3 heterocycles. The van der Waals surface area contributed by atoms with Crippen molar-refractivity contribution in [1.29, 1.82) is 0 Å². The Hall–Kier alpha value is -2.24. The van der Waals surface area contributed by atoms with Crippen molar-refractivity contribution in [3.05, 3.63) is 0 Å². The van der Waals surface area contributed by atoms with Crippen molar-refractivity contribution in [2.75, 3.05) is 0 Å². The largest absolute Gasteiger partial charge is 0.481 e. The Morgan fingerprint density at radius 2 is 0.763 bits per heavy atom. The van der Waals surface area contributed by atoms with Crippen molar-refractivity contribution < 1.29 is 38.5 Å². The van der Waals surface area contributed by atoms with Crippen molar-refractivity contribution in [2.24, 2.45) is 23.7 Å². The number of carboxylic acid groups (broad SMARTS) is 1. The van der Waals surface area contributed by atoms with Crippen molar-refractivity contribution in [2.45, 2.75) is 258 Å². The van der Waals surface area contributed by atoms with Crippen LogP contribution in [0.2, 0.25) is 0 Å². The van der Waals surface area contributed by atoms with Gasteiger partial charge in [0.1, 0.15) is 18.3 Å². The van der Waals surface area contributed by atoms with Gasteiger partial charge in [-0.05, 0) is 95.4 Å². The number of unbranched alkanes of at least 4 members (excludes halogenated alkanes) is 7. The first-order valence-corrected chi connectivity index (χ1v) is 23.2. The van der Waals surface area contributed by atoms with E-state index in [4.69, 9.17) is 14.2 Å². The van der Waals surface area contributed by atoms with Gasteiger partial charge in [0, 0.05) is 71.8 Å². The molecule has 0 radical (unpaired) electrons. The summed E-state index contributed by atoms with van der Waals surface area (Å²) in [5.74, 6) is -6.56. The van der Waals surface area contributed by atoms with Crippen LogP contribution in [-0.2, 0) is 33.4 Å². The maximum Gasteiger partial charge on any atom is 0.310 e. The lowest BCUT2D eigenvalue weighted by Gasteiger charge is -2.47. The molecule has 3 atom stereocenters. The Morgan fingerprint density at radius 1 is 0.475 bits per heavy atom. The molecule has 0 spiro atoms. The second-order valence-corrected chi connectivity index (χ2v) is 23.2. The molecule has 11 heteroatoms. The maximum atomic E-state index is 14.9. The molecule has 59 heavy (non-hydrogen) atoms. The van der Waals surface area contributed by atoms with E-state index in [1.807, 2.05) is 27.7 Å². The standard InChI is InChI=1S/C48H87N3O8/c1-32(2)23-21-19-17-15-16-18-20-22-24-36(40(54)57-33-26-43(3,4)49-44(5,6)27-33)39(42(56)59-35-30-47(11,12)51-48(13,14)31-35)37(25-38(52)53)41(55)58-34-28-45(7,8)50-46(9,10)29-34/h32-37,39,49-51H,15-31H2,1-14H3,(H,52,53). The van der Waals surface area contributed by atoms with E-state index in [1.165, 1.54) is 25.7 Å². The summed E-state index contributed by atoms with van der Waals surface area (Å²) in [6, 6.07) is 0. The summed E-state index contributed by atoms with van der Waals surface area (Å²) in [4.78, 5) is 57.0. The number of carboxylic acids is 1. The first-order chi connectivity index (χ1) is 27.0. The van der Waals surface area contributed by atoms with E-state index in [1.54, 1.807) is 0 Å². The number of rotatable bonds is 21. The monoisotopic (exact) mass is 834 g/mol. The first kappa shape index (κ1) is 51.1. The number of ether oxygens (including phenoxy) is 3. The van der Waals surface area contributed by atoms with E-state index in [0.717, 1.165) is 31.6 Å². The number of hydrogen-bond donors (Lipinski definition) is 4. The summed E-state index contributed by atoms with van der Waals surface area (Å²) >= 11 is 0. The number of carbonyl (C=O) groups excluding carboxylic acids is 3. The molecule has 11 nitrogen and oxygen atoms in total. The zero-order valence-corrected chi connectivity index (χ0v) is 39.9. The molecule has 0 aliphatic carbocycles. The van der Waals surface area contributed by atoms with Crippen LogP contribution in [0.25, 0.3) is 0 Å². The van der Waals surface area contributed by atoms with Crippen LogP contribution >= 0.6 is 0 Å². The van der Waals surface area contributed by atoms with Crippen LogP contribution in [0, 0.1) is 23.7 Å². The number of carbonyl (C=O) groups is 4. The highest BCUT2D eigenvalue weighted by molar-refractivity contribution is 5.89. The van der Waals surface area contributed by atoms with E-state index in [-0.39, 0.29) is 39.7 Å². The predicted molar refractivity (Wildman–Crippen MR) is 235 cm³/mol. The number of esters is 3. The molecule has 0 bridgehead atoms. The third kappa shape index (κ3) is 17.9. The van der Waals surface area contributed by atoms with Crippen molar-refractivity contribution in [1.82, 2.24) is 16.0 Å². The van der Waals surface area contributed by atoms with Crippen molar-refractivity contribution >= 4 is 23.9 Å². The van der Waals surface area contributed by atoms with Crippen LogP contribution in [0.1, 0.15) is 206 Å². The van der Waals surface area contributed by atoms with Crippen LogP contribution in [0.3, 0.4) is 0 Å². The minimum Gasteiger partial charge on any atom is -0.481 e. The van der Waals surface area contributed by atoms with Gasteiger partial charge in [0.05, 0.1) is 24.2 Å². The zero-order valence-electron chi connectivity index (χ0n) is 39.9. The highest BCUT2D eigenvalue weighted by atomic mass is 16.6. The summed E-state index contributed by atoms with van der Waals surface area (Å²) in [5.41, 5.74) is -2.02. The fourth-order valence-electron chi connectivity index (χ4n) is 11.3. The molecule has 4 N–H and O–H groups in total. The third-order valence-electron chi connectivity index (χ3n) is 12.5. The SMILES string of the molecule is CC(C)CCCCCCCCCCC(C(=O)OC1CC(C)(C)NC(C)(C)C1)C(C(=O)OC1CC(C)(C)NC(C)(C)C1)C(CC(=O)O)C(=O)OC1CC(C)(C)NC(C)(C)C1. The van der Waals surface area contributed by atoms with Gasteiger partial charge in [0.15, 0.2) is 0 Å². The highest BCUT2D eigenvalue weighted by Crippen LogP contribution is 2.39. The number of nitrogens with one attached hydrogen (secondary N) is 3. The Morgan fingerprint density at radius 3 is 1.08 bits per heavy atom. The summed E-state index contributed by atoms with van der Waals surface area (Å²) in [7, 11) is 0. The van der Waals surface area contributed by atoms with Crippen LogP contribution in [0.15, 0.2) is 0 Å². The van der Waals surface area contributed by atoms with Gasteiger partial charge in [0.25, 0.3) is 0 Å². The van der Waals surface area contributed by atoms with Gasteiger partial charge in [0.2, 0.25) is 0 Å². The van der Waals surface area contributed by atoms with Gasteiger partial charge in [-0.25, -0.2) is 0 Å². The van der Waals surface area contributed by atoms with Gasteiger partial charge < -0.3 is 35.3 Å². The zero-order chi connectivity index (χ0) is 44.6. The number of piperidine rings is 3. The molecule has 3 aliphatic heterocycles. The summed E-state index contributed by atoms with van der Waals surface area (Å²) in [6.45, 7) is 29.3. The summed E-state index contributed by atoms with van der Waals surface area (Å²) < 4.78 is 19.0. The van der Waals surface area contributed by atoms with E-state index in [2.05, 4.69) is 85.2 Å². The first-order valence-electron chi connectivity index (χ1n) is 23.2. The average molecular weight is 834 g/mol. The predicted octanol–water partition coefficient (Wildman–Crippen LogP) is 9.42. The van der Waals surface area contributed by atoms with Crippen molar-refractivity contribution in [3.63, 3.8) is 0 Å². The second-order valence-electron chi connectivity index (χ2n) is 23.2. The van der Waals surface area contributed by atoms with Crippen LogP contribution in [0.5, 0.6) is 0 Å². The van der Waals surface area contributed by atoms with Gasteiger partial charge in [-0.3, -0.25) is 19.2 Å². The summed E-state index contributed by atoms with van der Waals surface area (Å²) in [5, 5.41) is 21.2. The van der Waals surface area contributed by atoms with Crippen molar-refractivity contribution in [3.8, 4) is 0 Å². The lowest BCUT2D eigenvalue weighted by molar-refractivity contribution is -0.181. The van der Waals surface area contributed by atoms with Crippen LogP contribution < -0.4 is 16.0 Å². The molecule has 3 fully saturated rings. The Labute approximate surface area is 358 Å². The maximum absolute atomic E-state index is 14.9. The average Bonchev–Trinajstić information content (AvgIpc) is 2.99. The van der Waals surface area contributed by atoms with Gasteiger partial charge in [-0.15, -0.1) is 0 Å². The van der Waals surface area contributed by atoms with Gasteiger partial charge in [-0.1, -0.05) is 71.6 Å². The van der Waals surface area contributed by atoms with Crippen LogP contribution in [-0.4, -0.2) is 80.5 Å².